The molecule has 0 spiro atoms. The number of nitrogens with one attached hydrogen (secondary N) is 1. The zero-order valence-electron chi connectivity index (χ0n) is 17.4. The molecule has 34 heavy (non-hydrogen) atoms. The van der Waals surface area contributed by atoms with Crippen LogP contribution in [0.1, 0.15) is 16.1 Å². The minimum atomic E-state index is -4.82. The van der Waals surface area contributed by atoms with Gasteiger partial charge in [-0.05, 0) is 54.1 Å². The van der Waals surface area contributed by atoms with Crippen molar-refractivity contribution in [1.82, 2.24) is 9.78 Å². The van der Waals surface area contributed by atoms with Crippen molar-refractivity contribution in [2.75, 3.05) is 5.32 Å². The van der Waals surface area contributed by atoms with Crippen molar-refractivity contribution >= 4 is 11.6 Å². The molecule has 0 atom stereocenters. The molecule has 0 saturated heterocycles. The van der Waals surface area contributed by atoms with E-state index in [1.807, 2.05) is 30.3 Å². The van der Waals surface area contributed by atoms with Gasteiger partial charge in [0.25, 0.3) is 5.91 Å². The van der Waals surface area contributed by atoms with Gasteiger partial charge in [0.15, 0.2) is 11.4 Å². The molecule has 0 unspecified atom stereocenters. The molecule has 1 heterocycles. The summed E-state index contributed by atoms with van der Waals surface area (Å²) in [5.74, 6) is -1.32. The van der Waals surface area contributed by atoms with Crippen LogP contribution in [0, 0.1) is 5.82 Å². The lowest BCUT2D eigenvalue weighted by atomic mass is 10.2. The van der Waals surface area contributed by atoms with Gasteiger partial charge in [0.1, 0.15) is 18.2 Å². The highest BCUT2D eigenvalue weighted by Crippen LogP contribution is 2.26. The third kappa shape index (κ3) is 5.91. The predicted molar refractivity (Wildman–Crippen MR) is 115 cm³/mol. The molecule has 0 radical (unpaired) electrons. The van der Waals surface area contributed by atoms with E-state index in [9.17, 15) is 22.4 Å². The number of aromatic nitrogens is 2. The lowest BCUT2D eigenvalue weighted by Crippen LogP contribution is -2.17. The SMILES string of the molecule is O=C(Nc1ccc(OC(F)(F)F)cc1)c1nn(-c2ccc(F)cc2)cc1OCc1ccccc1. The third-order valence-electron chi connectivity index (χ3n) is 4.57. The molecule has 10 heteroatoms. The van der Waals surface area contributed by atoms with Gasteiger partial charge < -0.3 is 14.8 Å². The van der Waals surface area contributed by atoms with Gasteiger partial charge in [-0.3, -0.25) is 4.79 Å². The highest BCUT2D eigenvalue weighted by molar-refractivity contribution is 6.04. The summed E-state index contributed by atoms with van der Waals surface area (Å²) < 4.78 is 61.3. The van der Waals surface area contributed by atoms with Crippen LogP contribution in [0.15, 0.2) is 85.1 Å². The van der Waals surface area contributed by atoms with Gasteiger partial charge in [-0.2, -0.15) is 5.10 Å². The van der Waals surface area contributed by atoms with Crippen molar-refractivity contribution in [2.45, 2.75) is 13.0 Å². The Labute approximate surface area is 191 Å². The van der Waals surface area contributed by atoms with Gasteiger partial charge in [0.05, 0.1) is 11.9 Å². The van der Waals surface area contributed by atoms with E-state index in [4.69, 9.17) is 4.74 Å². The first kappa shape index (κ1) is 22.8. The topological polar surface area (TPSA) is 65.4 Å². The molecule has 174 valence electrons. The van der Waals surface area contributed by atoms with Crippen molar-refractivity contribution in [1.29, 1.82) is 0 Å². The number of alkyl halides is 3. The van der Waals surface area contributed by atoms with Gasteiger partial charge in [-0.25, -0.2) is 9.07 Å². The zero-order valence-corrected chi connectivity index (χ0v) is 17.4. The molecule has 1 amide bonds. The van der Waals surface area contributed by atoms with E-state index in [1.54, 1.807) is 0 Å². The summed E-state index contributed by atoms with van der Waals surface area (Å²) in [5, 5.41) is 6.84. The summed E-state index contributed by atoms with van der Waals surface area (Å²) in [6.45, 7) is 0.166. The van der Waals surface area contributed by atoms with E-state index < -0.39 is 23.8 Å². The Kier molecular flexibility index (Phi) is 6.48. The van der Waals surface area contributed by atoms with Crippen LogP contribution in [0.4, 0.5) is 23.2 Å². The molecule has 1 N–H and O–H groups in total. The highest BCUT2D eigenvalue weighted by atomic mass is 19.4. The Morgan fingerprint density at radius 3 is 2.26 bits per heavy atom. The fourth-order valence-electron chi connectivity index (χ4n) is 3.01. The van der Waals surface area contributed by atoms with E-state index in [0.717, 1.165) is 17.7 Å². The van der Waals surface area contributed by atoms with Crippen molar-refractivity contribution in [3.05, 3.63) is 102 Å². The Morgan fingerprint density at radius 2 is 1.62 bits per heavy atom. The number of nitrogens with zero attached hydrogens (tertiary/aromatic N) is 2. The molecule has 1 aromatic heterocycles. The van der Waals surface area contributed by atoms with Crippen molar-refractivity contribution in [3.8, 4) is 17.2 Å². The summed E-state index contributed by atoms with van der Waals surface area (Å²) in [4.78, 5) is 12.9. The fraction of sp³-hybridized carbons (Fsp3) is 0.0833. The summed E-state index contributed by atoms with van der Waals surface area (Å²) in [7, 11) is 0. The van der Waals surface area contributed by atoms with E-state index in [2.05, 4.69) is 15.2 Å². The Morgan fingerprint density at radius 1 is 0.941 bits per heavy atom. The quantitative estimate of drug-likeness (QED) is 0.349. The number of carbonyl (C=O) groups excluding carboxylic acids is 1. The van der Waals surface area contributed by atoms with E-state index in [1.165, 1.54) is 47.3 Å². The number of amides is 1. The minimum Gasteiger partial charge on any atom is -0.485 e. The molecule has 0 aliphatic carbocycles. The standard InChI is InChI=1S/C24H17F4N3O3/c25-17-6-10-19(11-7-17)31-14-21(33-15-16-4-2-1-3-5-16)22(30-31)23(32)29-18-8-12-20(13-9-18)34-24(26,27)28/h1-14H,15H2,(H,29,32). The molecular formula is C24H17F4N3O3. The number of halogens is 4. The molecule has 0 fully saturated rings. The smallest absolute Gasteiger partial charge is 0.485 e. The predicted octanol–water partition coefficient (Wildman–Crippen LogP) is 5.74. The summed E-state index contributed by atoms with van der Waals surface area (Å²) in [6.07, 6.45) is -3.33. The number of rotatable bonds is 7. The lowest BCUT2D eigenvalue weighted by Gasteiger charge is -2.10. The molecule has 6 nitrogen and oxygen atoms in total. The molecule has 4 rings (SSSR count). The number of anilines is 1. The third-order valence-corrected chi connectivity index (χ3v) is 4.57. The highest BCUT2D eigenvalue weighted by Gasteiger charge is 2.31. The van der Waals surface area contributed by atoms with Crippen molar-refractivity contribution in [3.63, 3.8) is 0 Å². The number of ether oxygens (including phenoxy) is 2. The van der Waals surface area contributed by atoms with Gasteiger partial charge in [-0.15, -0.1) is 13.2 Å². The average Bonchev–Trinajstić information content (AvgIpc) is 3.24. The van der Waals surface area contributed by atoms with Gasteiger partial charge >= 0.3 is 6.36 Å². The van der Waals surface area contributed by atoms with Crippen molar-refractivity contribution in [2.24, 2.45) is 0 Å². The second kappa shape index (κ2) is 9.65. The van der Waals surface area contributed by atoms with Gasteiger partial charge in [-0.1, -0.05) is 30.3 Å². The second-order valence-corrected chi connectivity index (χ2v) is 7.06. The normalized spacial score (nSPS) is 11.2. The Hall–Kier alpha value is -4.34. The van der Waals surface area contributed by atoms with Crippen LogP contribution in [0.5, 0.6) is 11.5 Å². The first-order chi connectivity index (χ1) is 16.3. The summed E-state index contributed by atoms with van der Waals surface area (Å²) in [6, 6.07) is 19.4. The monoisotopic (exact) mass is 471 g/mol. The largest absolute Gasteiger partial charge is 0.573 e. The maximum Gasteiger partial charge on any atom is 0.573 e. The maximum absolute atomic E-state index is 13.3. The summed E-state index contributed by atoms with van der Waals surface area (Å²) in [5.41, 5.74) is 1.53. The maximum atomic E-state index is 13.3. The second-order valence-electron chi connectivity index (χ2n) is 7.06. The molecule has 0 bridgehead atoms. The summed E-state index contributed by atoms with van der Waals surface area (Å²) >= 11 is 0. The van der Waals surface area contributed by atoms with Crippen LogP contribution >= 0.6 is 0 Å². The molecule has 0 aliphatic heterocycles. The number of hydrogen-bond acceptors (Lipinski definition) is 4. The molecule has 4 aromatic rings. The van der Waals surface area contributed by atoms with Crippen molar-refractivity contribution < 1.29 is 31.8 Å². The Balaban J connectivity index is 1.56. The fourth-order valence-corrected chi connectivity index (χ4v) is 3.01. The number of hydrogen-bond donors (Lipinski definition) is 1. The van der Waals surface area contributed by atoms with Crippen LogP contribution in [-0.2, 0) is 6.61 Å². The zero-order chi connectivity index (χ0) is 24.1. The first-order valence-electron chi connectivity index (χ1n) is 9.96. The lowest BCUT2D eigenvalue weighted by molar-refractivity contribution is -0.274. The van der Waals surface area contributed by atoms with Gasteiger partial charge in [0.2, 0.25) is 0 Å². The van der Waals surface area contributed by atoms with Crippen LogP contribution in [0.25, 0.3) is 5.69 Å². The number of carbonyl (C=O) groups is 1. The van der Waals surface area contributed by atoms with E-state index in [0.29, 0.717) is 5.69 Å². The van der Waals surface area contributed by atoms with Crippen LogP contribution in [0.2, 0.25) is 0 Å². The Bertz CT molecular complexity index is 1260. The molecule has 0 saturated carbocycles. The van der Waals surface area contributed by atoms with Crippen LogP contribution in [-0.4, -0.2) is 22.1 Å². The molecular weight excluding hydrogens is 454 g/mol. The van der Waals surface area contributed by atoms with E-state index in [-0.39, 0.29) is 23.7 Å². The average molecular weight is 471 g/mol. The minimum absolute atomic E-state index is 0.0594. The van der Waals surface area contributed by atoms with Crippen LogP contribution < -0.4 is 14.8 Å². The number of benzene rings is 3. The van der Waals surface area contributed by atoms with Gasteiger partial charge in [0, 0.05) is 5.69 Å². The molecule has 3 aromatic carbocycles. The van der Waals surface area contributed by atoms with E-state index >= 15 is 0 Å². The van der Waals surface area contributed by atoms with Crippen LogP contribution in [0.3, 0.4) is 0 Å². The molecule has 0 aliphatic rings. The first-order valence-corrected chi connectivity index (χ1v) is 9.96.